The molecule has 0 radical (unpaired) electrons. The highest BCUT2D eigenvalue weighted by Crippen LogP contribution is 2.49. The van der Waals surface area contributed by atoms with E-state index < -0.39 is 34.6 Å². The molecule has 0 spiro atoms. The van der Waals surface area contributed by atoms with Gasteiger partial charge in [-0.3, -0.25) is 43.7 Å². The van der Waals surface area contributed by atoms with Crippen molar-refractivity contribution in [3.05, 3.63) is 0 Å². The first kappa shape index (κ1) is 74.3. The number of Topliss-reactive ketones (excluding diaryl/α,β-unsaturated/α-hetero) is 3. The van der Waals surface area contributed by atoms with Gasteiger partial charge < -0.3 is 50.0 Å². The lowest BCUT2D eigenvalue weighted by atomic mass is 9.76. The second-order valence-electron chi connectivity index (χ2n) is 20.5. The molecule has 0 bridgehead atoms. The first-order valence-electron chi connectivity index (χ1n) is 29.1. The van der Waals surface area contributed by atoms with Crippen LogP contribution in [0.2, 0.25) is 0 Å². The SMILES string of the molecule is O=C(O)CCCCCCCCCCCCCCCCC(=O)CCC1CCC(C(=O)C[C@@H](CCC(=O)NCCOCCOCC(=O)CCCOCCOCC(=O)NCCCC[C@H](NC2SSCSSC(O)SS2)C(=O)O)C(=O)O)CC1. The van der Waals surface area contributed by atoms with Crippen molar-refractivity contribution in [3.8, 4) is 0 Å². The zero-order chi connectivity index (χ0) is 58.3. The van der Waals surface area contributed by atoms with Crippen molar-refractivity contribution < 1.29 is 77.7 Å². The molecule has 1 aliphatic carbocycles. The Bertz CT molecular complexity index is 1720. The third kappa shape index (κ3) is 42.9. The van der Waals surface area contributed by atoms with Gasteiger partial charge in [-0.05, 0) is 105 Å². The number of hydrogen-bond acceptors (Lipinski definition) is 20. The van der Waals surface area contributed by atoms with Gasteiger partial charge in [0.05, 0.1) is 44.0 Å². The molecule has 462 valence electrons. The number of hydrogen-bond donors (Lipinski definition) is 7. The Morgan fingerprint density at radius 3 is 1.70 bits per heavy atom. The van der Waals surface area contributed by atoms with E-state index in [1.54, 1.807) is 32.4 Å². The molecular formula is C55H95N3O16S6. The molecule has 1 heterocycles. The van der Waals surface area contributed by atoms with Gasteiger partial charge in [0.1, 0.15) is 35.5 Å². The maximum absolute atomic E-state index is 13.1. The smallest absolute Gasteiger partial charge is 0.320 e. The minimum Gasteiger partial charge on any atom is -0.481 e. The van der Waals surface area contributed by atoms with Crippen LogP contribution in [0.1, 0.15) is 193 Å². The van der Waals surface area contributed by atoms with E-state index in [1.165, 1.54) is 90.2 Å². The summed E-state index contributed by atoms with van der Waals surface area (Å²) in [6, 6.07) is -0.742. The maximum Gasteiger partial charge on any atom is 0.320 e. The summed E-state index contributed by atoms with van der Waals surface area (Å²) in [7, 11) is 8.82. The molecule has 1 saturated heterocycles. The summed E-state index contributed by atoms with van der Waals surface area (Å²) in [5.41, 5.74) is 0. The Hall–Kier alpha value is -1.78. The van der Waals surface area contributed by atoms with Crippen LogP contribution < -0.4 is 16.0 Å². The lowest BCUT2D eigenvalue weighted by Gasteiger charge is -2.28. The molecule has 2 unspecified atom stereocenters. The number of aliphatic hydroxyl groups is 1. The zero-order valence-electron chi connectivity index (χ0n) is 47.1. The van der Waals surface area contributed by atoms with E-state index in [9.17, 15) is 53.7 Å². The van der Waals surface area contributed by atoms with Crippen molar-refractivity contribution in [1.82, 2.24) is 16.0 Å². The Balaban J connectivity index is 1.37. The standard InChI is InChI=1S/C55H95N3O16S6/c59-45(18-13-11-9-7-5-3-1-2-4-6-8-10-12-14-21-51(64)65)28-24-42-22-25-43(26-23-42)48(61)38-44(52(66)67)27-29-49(62)57-31-33-72-35-36-73-39-46(60)19-17-32-71-34-37-74-40-50(63)56-30-16-15-20-47(53(68)69)58-54-77-75-41-76-79-55(70)80-78-54/h42-44,47,54-55,58,70H,1-41H2,(H,56,63)(H,57,62)(H,64,65)(H,66,67)(H,68,69)/t42?,43?,44-,47+,54?,55?/m1/s1. The van der Waals surface area contributed by atoms with Gasteiger partial charge in [-0.2, -0.15) is 0 Å². The van der Waals surface area contributed by atoms with E-state index in [0.717, 1.165) is 56.5 Å². The Morgan fingerprint density at radius 1 is 0.487 bits per heavy atom. The Morgan fingerprint density at radius 2 is 1.06 bits per heavy atom. The third-order valence-corrected chi connectivity index (χ3v) is 23.7. The molecule has 19 nitrogen and oxygen atoms in total. The number of carbonyl (C=O) groups excluding carboxylic acids is 5. The topological polar surface area (TPSA) is 290 Å². The molecule has 25 heteroatoms. The van der Waals surface area contributed by atoms with Gasteiger partial charge >= 0.3 is 17.9 Å². The van der Waals surface area contributed by atoms with Crippen LogP contribution in [0.4, 0.5) is 0 Å². The molecular weight excluding hydrogens is 1150 g/mol. The minimum absolute atomic E-state index is 0.0239. The van der Waals surface area contributed by atoms with E-state index in [1.807, 2.05) is 0 Å². The molecule has 80 heavy (non-hydrogen) atoms. The van der Waals surface area contributed by atoms with Gasteiger partial charge in [0.2, 0.25) is 11.8 Å². The monoisotopic (exact) mass is 1250 g/mol. The molecule has 1 saturated carbocycles. The number of nitrogens with one attached hydrogen (secondary N) is 3. The van der Waals surface area contributed by atoms with E-state index >= 15 is 0 Å². The number of carboxylic acid groups (broad SMARTS) is 3. The molecule has 2 aliphatic rings. The predicted octanol–water partition coefficient (Wildman–Crippen LogP) is 10.4. The summed E-state index contributed by atoms with van der Waals surface area (Å²) >= 11 is 0. The first-order valence-corrected chi connectivity index (χ1v) is 36.2. The van der Waals surface area contributed by atoms with Gasteiger partial charge in [-0.25, -0.2) is 0 Å². The molecule has 2 amide bonds. The highest BCUT2D eigenvalue weighted by molar-refractivity contribution is 8.92. The van der Waals surface area contributed by atoms with Crippen LogP contribution >= 0.6 is 64.8 Å². The van der Waals surface area contributed by atoms with Crippen LogP contribution in [0.3, 0.4) is 0 Å². The second kappa shape index (κ2) is 50.5. The van der Waals surface area contributed by atoms with E-state index in [0.29, 0.717) is 76.2 Å². The molecule has 4 atom stereocenters. The largest absolute Gasteiger partial charge is 0.481 e. The van der Waals surface area contributed by atoms with Crippen molar-refractivity contribution >= 4 is 112 Å². The highest BCUT2D eigenvalue weighted by Gasteiger charge is 2.31. The van der Waals surface area contributed by atoms with Crippen molar-refractivity contribution in [2.24, 2.45) is 17.8 Å². The summed E-state index contributed by atoms with van der Waals surface area (Å²) in [5, 5.41) is 47.5. The van der Waals surface area contributed by atoms with Crippen LogP contribution in [0.25, 0.3) is 0 Å². The van der Waals surface area contributed by atoms with E-state index in [4.69, 9.17) is 24.1 Å². The maximum atomic E-state index is 13.1. The van der Waals surface area contributed by atoms with Crippen LogP contribution in [0, 0.1) is 17.8 Å². The predicted molar refractivity (Wildman–Crippen MR) is 323 cm³/mol. The van der Waals surface area contributed by atoms with Crippen molar-refractivity contribution in [1.29, 1.82) is 0 Å². The van der Waals surface area contributed by atoms with Crippen molar-refractivity contribution in [3.63, 3.8) is 0 Å². The average molecular weight is 1250 g/mol. The van der Waals surface area contributed by atoms with Crippen LogP contribution in [0.5, 0.6) is 0 Å². The fourth-order valence-corrected chi connectivity index (χ4v) is 19.1. The molecule has 0 aromatic rings. The highest BCUT2D eigenvalue weighted by atomic mass is 33.2. The number of aliphatic carboxylic acids is 3. The second-order valence-corrected chi connectivity index (χ2v) is 28.8. The van der Waals surface area contributed by atoms with Crippen molar-refractivity contribution in [2.45, 2.75) is 208 Å². The zero-order valence-corrected chi connectivity index (χ0v) is 52.0. The lowest BCUT2D eigenvalue weighted by molar-refractivity contribution is -0.145. The lowest BCUT2D eigenvalue weighted by Crippen LogP contribution is -2.40. The number of amides is 2. The minimum atomic E-state index is -1.09. The molecule has 1 aliphatic heterocycles. The molecule has 7 N–H and O–H groups in total. The van der Waals surface area contributed by atoms with Gasteiger partial charge in [0.15, 0.2) is 10.6 Å². The summed E-state index contributed by atoms with van der Waals surface area (Å²) in [4.78, 5) is 96.8. The third-order valence-electron chi connectivity index (χ3n) is 13.8. The van der Waals surface area contributed by atoms with Crippen molar-refractivity contribution in [2.75, 3.05) is 71.0 Å². The quantitative estimate of drug-likeness (QED) is 0.0220. The summed E-state index contributed by atoms with van der Waals surface area (Å²) in [6.45, 7) is 1.83. The molecule has 0 aromatic carbocycles. The van der Waals surface area contributed by atoms with Crippen LogP contribution in [-0.2, 0) is 57.3 Å². The van der Waals surface area contributed by atoms with Gasteiger partial charge in [0, 0.05) is 64.1 Å². The number of rotatable bonds is 52. The first-order chi connectivity index (χ1) is 38.7. The summed E-state index contributed by atoms with van der Waals surface area (Å²) in [5.74, 6) is -3.85. The molecule has 2 rings (SSSR count). The number of carboxylic acids is 3. The number of unbranched alkanes of at least 4 members (excludes halogenated alkanes) is 14. The Kier molecular flexibility index (Phi) is 46.9. The van der Waals surface area contributed by atoms with Gasteiger partial charge in [-0.15, -0.1) is 0 Å². The molecule has 0 aromatic heterocycles. The van der Waals surface area contributed by atoms with Gasteiger partial charge in [0.25, 0.3) is 0 Å². The normalized spacial score (nSPS) is 18.5. The fourth-order valence-electron chi connectivity index (χ4n) is 9.17. The van der Waals surface area contributed by atoms with E-state index in [2.05, 4.69) is 16.0 Å². The van der Waals surface area contributed by atoms with Crippen LogP contribution in [-0.4, -0.2) is 154 Å². The average Bonchev–Trinajstić information content (AvgIpc) is 3.53. The summed E-state index contributed by atoms with van der Waals surface area (Å²) in [6.07, 6.45) is 24.0. The van der Waals surface area contributed by atoms with Crippen LogP contribution in [0.15, 0.2) is 0 Å². The molecule has 2 fully saturated rings. The van der Waals surface area contributed by atoms with E-state index in [-0.39, 0.29) is 119 Å². The summed E-state index contributed by atoms with van der Waals surface area (Å²) < 4.78 is 20.9. The number of ketones is 3. The number of ether oxygens (including phenoxy) is 4. The fraction of sp³-hybridized carbons (Fsp3) is 0.855. The number of carbonyl (C=O) groups is 8. The Labute approximate surface area is 499 Å². The van der Waals surface area contributed by atoms with Gasteiger partial charge in [-0.1, -0.05) is 120 Å². The number of aliphatic hydroxyl groups excluding tert-OH is 1.